The summed E-state index contributed by atoms with van der Waals surface area (Å²) in [7, 11) is 1.65. The number of nitrogens with two attached hydrogens (primary N) is 1. The van der Waals surface area contributed by atoms with E-state index in [1.807, 2.05) is 30.3 Å². The van der Waals surface area contributed by atoms with Crippen molar-refractivity contribution in [3.05, 3.63) is 35.9 Å². The van der Waals surface area contributed by atoms with Crippen LogP contribution in [-0.2, 0) is 15.1 Å². The molecule has 1 aromatic carbocycles. The summed E-state index contributed by atoms with van der Waals surface area (Å²) in [5.74, 6) is 0.146. The Morgan fingerprint density at radius 3 is 2.35 bits per heavy atom. The molecule has 0 aromatic heterocycles. The van der Waals surface area contributed by atoms with Gasteiger partial charge in [0.25, 0.3) is 0 Å². The topological polar surface area (TPSA) is 64.3 Å². The Morgan fingerprint density at radius 1 is 1.35 bits per heavy atom. The number of ether oxygens (including phenoxy) is 1. The molecule has 0 bridgehead atoms. The predicted molar refractivity (Wildman–Crippen MR) is 83.9 cm³/mol. The number of nitrogens with one attached hydrogen (secondary N) is 1. The molecule has 20 heavy (non-hydrogen) atoms. The maximum atomic E-state index is 12.2. The lowest BCUT2D eigenvalue weighted by atomic mass is 9.92. The molecule has 0 radical (unpaired) electrons. The van der Waals surface area contributed by atoms with E-state index >= 15 is 0 Å². The zero-order valence-electron chi connectivity index (χ0n) is 12.6. The molecule has 2 unspecified atom stereocenters. The summed E-state index contributed by atoms with van der Waals surface area (Å²) < 4.78 is 5.32. The maximum Gasteiger partial charge on any atom is 0.244 e. The van der Waals surface area contributed by atoms with Gasteiger partial charge in [-0.15, -0.1) is 12.4 Å². The molecule has 2 atom stereocenters. The Hall–Kier alpha value is -1.10. The van der Waals surface area contributed by atoms with Crippen molar-refractivity contribution in [1.82, 2.24) is 5.32 Å². The van der Waals surface area contributed by atoms with Crippen molar-refractivity contribution in [2.45, 2.75) is 32.4 Å². The molecule has 0 aliphatic rings. The van der Waals surface area contributed by atoms with Crippen LogP contribution in [0.25, 0.3) is 0 Å². The van der Waals surface area contributed by atoms with Crippen molar-refractivity contribution in [2.24, 2.45) is 11.7 Å². The van der Waals surface area contributed by atoms with Crippen LogP contribution in [0.3, 0.4) is 0 Å². The first-order valence-electron chi connectivity index (χ1n) is 6.55. The normalized spacial score (nSPS) is 15.1. The van der Waals surface area contributed by atoms with Gasteiger partial charge in [0, 0.05) is 13.7 Å². The smallest absolute Gasteiger partial charge is 0.244 e. The van der Waals surface area contributed by atoms with Crippen molar-refractivity contribution < 1.29 is 9.53 Å². The van der Waals surface area contributed by atoms with Crippen molar-refractivity contribution >= 4 is 18.3 Å². The molecule has 4 nitrogen and oxygen atoms in total. The fourth-order valence-corrected chi connectivity index (χ4v) is 1.88. The van der Waals surface area contributed by atoms with Gasteiger partial charge in [-0.05, 0) is 18.4 Å². The average Bonchev–Trinajstić information content (AvgIpc) is 2.39. The summed E-state index contributed by atoms with van der Waals surface area (Å²) in [5, 5.41) is 2.86. The summed E-state index contributed by atoms with van der Waals surface area (Å²) in [6.07, 6.45) is -0.00415. The molecular weight excluding hydrogens is 276 g/mol. The highest BCUT2D eigenvalue weighted by Gasteiger charge is 2.30. The highest BCUT2D eigenvalue weighted by Crippen LogP contribution is 2.17. The standard InChI is InChI=1S/C15H24N2O2.ClH/c1-11(2)13(19-4)10-17-14(18)15(3,16)12-8-6-5-7-9-12;/h5-9,11,13H,10,16H2,1-4H3,(H,17,18);1H. The van der Waals surface area contributed by atoms with Crippen molar-refractivity contribution in [2.75, 3.05) is 13.7 Å². The third-order valence-corrected chi connectivity index (χ3v) is 3.36. The Kier molecular flexibility index (Phi) is 7.79. The second kappa shape index (κ2) is 8.25. The fourth-order valence-electron chi connectivity index (χ4n) is 1.88. The highest BCUT2D eigenvalue weighted by molar-refractivity contribution is 5.87. The molecule has 0 heterocycles. The first-order chi connectivity index (χ1) is 8.89. The van der Waals surface area contributed by atoms with Crippen LogP contribution >= 0.6 is 12.4 Å². The second-order valence-electron chi connectivity index (χ2n) is 5.30. The number of halogens is 1. The van der Waals surface area contributed by atoms with Gasteiger partial charge in [0.15, 0.2) is 0 Å². The lowest BCUT2D eigenvalue weighted by molar-refractivity contribution is -0.126. The number of benzene rings is 1. The molecule has 114 valence electrons. The molecule has 0 saturated carbocycles. The van der Waals surface area contributed by atoms with Crippen LogP contribution in [0.2, 0.25) is 0 Å². The predicted octanol–water partition coefficient (Wildman–Crippen LogP) is 2.07. The van der Waals surface area contributed by atoms with E-state index in [2.05, 4.69) is 19.2 Å². The third-order valence-electron chi connectivity index (χ3n) is 3.36. The van der Waals surface area contributed by atoms with E-state index in [1.54, 1.807) is 14.0 Å². The van der Waals surface area contributed by atoms with Crippen LogP contribution in [0.5, 0.6) is 0 Å². The van der Waals surface area contributed by atoms with E-state index in [0.717, 1.165) is 5.56 Å². The first-order valence-corrected chi connectivity index (χ1v) is 6.55. The number of hydrogen-bond acceptors (Lipinski definition) is 3. The number of carbonyl (C=O) groups excluding carboxylic acids is 1. The zero-order valence-corrected chi connectivity index (χ0v) is 13.4. The Labute approximate surface area is 127 Å². The minimum absolute atomic E-state index is 0. The summed E-state index contributed by atoms with van der Waals surface area (Å²) in [5.41, 5.74) is 5.90. The van der Waals surface area contributed by atoms with E-state index in [4.69, 9.17) is 10.5 Å². The fraction of sp³-hybridized carbons (Fsp3) is 0.533. The van der Waals surface area contributed by atoms with Gasteiger partial charge in [0.05, 0.1) is 6.10 Å². The van der Waals surface area contributed by atoms with Crippen LogP contribution in [0.4, 0.5) is 0 Å². The molecule has 0 aliphatic heterocycles. The van der Waals surface area contributed by atoms with E-state index in [1.165, 1.54) is 0 Å². The Bertz CT molecular complexity index is 408. The average molecular weight is 301 g/mol. The molecule has 3 N–H and O–H groups in total. The van der Waals surface area contributed by atoms with E-state index in [0.29, 0.717) is 12.5 Å². The van der Waals surface area contributed by atoms with Gasteiger partial charge in [0.1, 0.15) is 5.54 Å². The van der Waals surface area contributed by atoms with Gasteiger partial charge in [-0.1, -0.05) is 44.2 Å². The van der Waals surface area contributed by atoms with Crippen LogP contribution in [0.15, 0.2) is 30.3 Å². The van der Waals surface area contributed by atoms with Crippen LogP contribution < -0.4 is 11.1 Å². The molecular formula is C15H25ClN2O2. The lowest BCUT2D eigenvalue weighted by Crippen LogP contribution is -2.51. The van der Waals surface area contributed by atoms with Gasteiger partial charge in [0.2, 0.25) is 5.91 Å². The number of rotatable bonds is 6. The largest absolute Gasteiger partial charge is 0.379 e. The number of hydrogen-bond donors (Lipinski definition) is 2. The lowest BCUT2D eigenvalue weighted by Gasteiger charge is -2.26. The monoisotopic (exact) mass is 300 g/mol. The van der Waals surface area contributed by atoms with Crippen molar-refractivity contribution in [3.63, 3.8) is 0 Å². The van der Waals surface area contributed by atoms with E-state index in [9.17, 15) is 4.79 Å². The van der Waals surface area contributed by atoms with Crippen LogP contribution in [0.1, 0.15) is 26.3 Å². The zero-order chi connectivity index (χ0) is 14.5. The van der Waals surface area contributed by atoms with Crippen molar-refractivity contribution in [1.29, 1.82) is 0 Å². The number of amides is 1. The quantitative estimate of drug-likeness (QED) is 0.845. The van der Waals surface area contributed by atoms with Gasteiger partial charge < -0.3 is 15.8 Å². The molecule has 0 saturated heterocycles. The minimum atomic E-state index is -1.03. The molecule has 1 amide bonds. The SMILES string of the molecule is COC(CNC(=O)C(C)(N)c1ccccc1)C(C)C.Cl. The van der Waals surface area contributed by atoms with Crippen LogP contribution in [-0.4, -0.2) is 25.7 Å². The van der Waals surface area contributed by atoms with Gasteiger partial charge in [-0.2, -0.15) is 0 Å². The Balaban J connectivity index is 0.00000361. The molecule has 0 fully saturated rings. The number of carbonyl (C=O) groups is 1. The summed E-state index contributed by atoms with van der Waals surface area (Å²) >= 11 is 0. The minimum Gasteiger partial charge on any atom is -0.379 e. The van der Waals surface area contributed by atoms with Gasteiger partial charge in [-0.3, -0.25) is 4.79 Å². The van der Waals surface area contributed by atoms with E-state index in [-0.39, 0.29) is 24.4 Å². The molecule has 0 spiro atoms. The van der Waals surface area contributed by atoms with Crippen molar-refractivity contribution in [3.8, 4) is 0 Å². The Morgan fingerprint density at radius 2 is 1.90 bits per heavy atom. The number of methoxy groups -OCH3 is 1. The maximum absolute atomic E-state index is 12.2. The second-order valence-corrected chi connectivity index (χ2v) is 5.30. The summed E-state index contributed by atoms with van der Waals surface area (Å²) in [4.78, 5) is 12.2. The summed E-state index contributed by atoms with van der Waals surface area (Å²) in [6, 6.07) is 9.36. The summed E-state index contributed by atoms with van der Waals surface area (Å²) in [6.45, 7) is 6.29. The third kappa shape index (κ3) is 4.78. The van der Waals surface area contributed by atoms with Crippen LogP contribution in [0, 0.1) is 5.92 Å². The first kappa shape index (κ1) is 18.9. The van der Waals surface area contributed by atoms with Gasteiger partial charge in [-0.25, -0.2) is 0 Å². The highest BCUT2D eigenvalue weighted by atomic mass is 35.5. The molecule has 5 heteroatoms. The molecule has 1 rings (SSSR count). The van der Waals surface area contributed by atoms with E-state index < -0.39 is 5.54 Å². The molecule has 1 aromatic rings. The molecule has 0 aliphatic carbocycles. The van der Waals surface area contributed by atoms with Gasteiger partial charge >= 0.3 is 0 Å².